The van der Waals surface area contributed by atoms with Crippen LogP contribution in [0.2, 0.25) is 0 Å². The Hall–Kier alpha value is -0.860. The van der Waals surface area contributed by atoms with Crippen molar-refractivity contribution in [3.05, 3.63) is 0 Å². The lowest BCUT2D eigenvalue weighted by molar-refractivity contribution is 0.153. The molecular weight excluding hydrogens is 328 g/mol. The normalized spacial score (nSPS) is 23.2. The molecule has 2 saturated heterocycles. The van der Waals surface area contributed by atoms with E-state index < -0.39 is 9.84 Å². The summed E-state index contributed by atoms with van der Waals surface area (Å²) >= 11 is 0. The molecule has 2 fully saturated rings. The average molecular weight is 361 g/mol. The van der Waals surface area contributed by atoms with Crippen LogP contribution >= 0.6 is 0 Å². The molecule has 8 heteroatoms. The standard InChI is InChI=1S/C16H32N4O3S/c1-17-16(18-6-10-23-11-12-24(2,21)22)20-9-5-15(14-20)13-19-7-3-4-8-19/h15H,3-14H2,1-2H3,(H,17,18). The summed E-state index contributed by atoms with van der Waals surface area (Å²) in [6.07, 6.45) is 5.14. The van der Waals surface area contributed by atoms with E-state index in [1.807, 2.05) is 0 Å². The smallest absolute Gasteiger partial charge is 0.193 e. The fourth-order valence-corrected chi connectivity index (χ4v) is 3.80. The molecule has 0 amide bonds. The van der Waals surface area contributed by atoms with Gasteiger partial charge in [-0.25, -0.2) is 8.42 Å². The van der Waals surface area contributed by atoms with Gasteiger partial charge in [-0.05, 0) is 38.3 Å². The molecule has 0 bridgehead atoms. The van der Waals surface area contributed by atoms with Crippen LogP contribution in [0.15, 0.2) is 4.99 Å². The molecule has 0 saturated carbocycles. The Bertz CT molecular complexity index is 503. The van der Waals surface area contributed by atoms with Crippen molar-refractivity contribution in [1.82, 2.24) is 15.1 Å². The van der Waals surface area contributed by atoms with E-state index in [1.54, 1.807) is 7.05 Å². The molecule has 2 aliphatic rings. The fraction of sp³-hybridized carbons (Fsp3) is 0.938. The fourth-order valence-electron chi connectivity index (χ4n) is 3.38. The second-order valence-corrected chi connectivity index (χ2v) is 9.08. The van der Waals surface area contributed by atoms with Crippen LogP contribution in [0.4, 0.5) is 0 Å². The summed E-state index contributed by atoms with van der Waals surface area (Å²) < 4.78 is 27.4. The number of hydrogen-bond acceptors (Lipinski definition) is 5. The Labute approximate surface area is 146 Å². The van der Waals surface area contributed by atoms with Crippen molar-refractivity contribution in [3.8, 4) is 0 Å². The van der Waals surface area contributed by atoms with E-state index in [4.69, 9.17) is 4.74 Å². The number of aliphatic imine (C=N–C) groups is 1. The predicted octanol–water partition coefficient (Wildman–Crippen LogP) is 0.0407. The minimum atomic E-state index is -2.94. The van der Waals surface area contributed by atoms with Crippen LogP contribution in [0.5, 0.6) is 0 Å². The van der Waals surface area contributed by atoms with Gasteiger partial charge in [0.05, 0.1) is 19.0 Å². The summed E-state index contributed by atoms with van der Waals surface area (Å²) in [5.41, 5.74) is 0. The summed E-state index contributed by atoms with van der Waals surface area (Å²) in [6.45, 7) is 7.22. The van der Waals surface area contributed by atoms with Gasteiger partial charge >= 0.3 is 0 Å². The third-order valence-corrected chi connectivity index (χ3v) is 5.55. The molecule has 0 aromatic carbocycles. The maximum atomic E-state index is 11.0. The SMILES string of the molecule is CN=C(NCCOCCS(C)(=O)=O)N1CCC(CN2CCCC2)C1. The van der Waals surface area contributed by atoms with Gasteiger partial charge in [0.2, 0.25) is 0 Å². The van der Waals surface area contributed by atoms with Crippen molar-refractivity contribution in [2.24, 2.45) is 10.9 Å². The molecule has 7 nitrogen and oxygen atoms in total. The van der Waals surface area contributed by atoms with Crippen molar-refractivity contribution in [2.75, 3.05) is 71.5 Å². The summed E-state index contributed by atoms with van der Waals surface area (Å²) in [5, 5.41) is 3.31. The minimum Gasteiger partial charge on any atom is -0.379 e. The quantitative estimate of drug-likeness (QED) is 0.374. The van der Waals surface area contributed by atoms with E-state index in [0.29, 0.717) is 13.2 Å². The molecule has 0 aromatic heterocycles. The molecule has 1 atom stereocenters. The van der Waals surface area contributed by atoms with Crippen LogP contribution in [0, 0.1) is 5.92 Å². The summed E-state index contributed by atoms with van der Waals surface area (Å²) in [4.78, 5) is 9.26. The third kappa shape index (κ3) is 6.94. The van der Waals surface area contributed by atoms with Gasteiger partial charge in [-0.1, -0.05) is 0 Å². The zero-order valence-corrected chi connectivity index (χ0v) is 15.9. The summed E-state index contributed by atoms with van der Waals surface area (Å²) in [7, 11) is -1.14. The molecule has 2 aliphatic heterocycles. The van der Waals surface area contributed by atoms with Crippen molar-refractivity contribution >= 4 is 15.8 Å². The van der Waals surface area contributed by atoms with Crippen LogP contribution in [0.25, 0.3) is 0 Å². The molecule has 2 rings (SSSR count). The van der Waals surface area contributed by atoms with Crippen LogP contribution in [0.1, 0.15) is 19.3 Å². The van der Waals surface area contributed by atoms with Gasteiger partial charge in [-0.3, -0.25) is 4.99 Å². The molecule has 140 valence electrons. The molecule has 1 unspecified atom stereocenters. The molecule has 1 N–H and O–H groups in total. The van der Waals surface area contributed by atoms with Crippen molar-refractivity contribution in [3.63, 3.8) is 0 Å². The molecule has 0 aromatic rings. The lowest BCUT2D eigenvalue weighted by Crippen LogP contribution is -2.42. The number of rotatable bonds is 8. The number of nitrogens with one attached hydrogen (secondary N) is 1. The molecular formula is C16H32N4O3S. The highest BCUT2D eigenvalue weighted by molar-refractivity contribution is 7.90. The van der Waals surface area contributed by atoms with Gasteiger partial charge in [0, 0.05) is 39.5 Å². The zero-order valence-electron chi connectivity index (χ0n) is 15.0. The van der Waals surface area contributed by atoms with E-state index in [1.165, 1.54) is 45.2 Å². The Morgan fingerprint density at radius 1 is 1.25 bits per heavy atom. The first-order valence-electron chi connectivity index (χ1n) is 8.91. The second-order valence-electron chi connectivity index (χ2n) is 6.82. The molecule has 0 aliphatic carbocycles. The first kappa shape index (κ1) is 19.5. The van der Waals surface area contributed by atoms with Crippen molar-refractivity contribution in [1.29, 1.82) is 0 Å². The number of nitrogens with zero attached hydrogens (tertiary/aromatic N) is 3. The molecule has 0 radical (unpaired) electrons. The Morgan fingerprint density at radius 2 is 2.00 bits per heavy atom. The van der Waals surface area contributed by atoms with Gasteiger partial charge in [-0.15, -0.1) is 0 Å². The first-order chi connectivity index (χ1) is 11.5. The number of ether oxygens (including phenoxy) is 1. The monoisotopic (exact) mass is 360 g/mol. The number of guanidine groups is 1. The Balaban J connectivity index is 1.61. The van der Waals surface area contributed by atoms with Gasteiger partial charge in [0.15, 0.2) is 5.96 Å². The Morgan fingerprint density at radius 3 is 2.67 bits per heavy atom. The van der Waals surface area contributed by atoms with Crippen LogP contribution < -0.4 is 5.32 Å². The van der Waals surface area contributed by atoms with E-state index >= 15 is 0 Å². The van der Waals surface area contributed by atoms with Gasteiger partial charge < -0.3 is 19.9 Å². The lowest BCUT2D eigenvalue weighted by atomic mass is 10.1. The molecule has 2 heterocycles. The van der Waals surface area contributed by atoms with Crippen LogP contribution in [-0.4, -0.2) is 95.7 Å². The number of sulfone groups is 1. The predicted molar refractivity (Wildman–Crippen MR) is 97.2 cm³/mol. The first-order valence-corrected chi connectivity index (χ1v) is 11.0. The highest BCUT2D eigenvalue weighted by atomic mass is 32.2. The van der Waals surface area contributed by atoms with E-state index in [-0.39, 0.29) is 12.4 Å². The van der Waals surface area contributed by atoms with Crippen LogP contribution in [0.3, 0.4) is 0 Å². The Kier molecular flexibility index (Phi) is 7.77. The van der Waals surface area contributed by atoms with Crippen LogP contribution in [-0.2, 0) is 14.6 Å². The van der Waals surface area contributed by atoms with E-state index in [9.17, 15) is 8.42 Å². The van der Waals surface area contributed by atoms with Gasteiger partial charge in [0.25, 0.3) is 0 Å². The van der Waals surface area contributed by atoms with E-state index in [2.05, 4.69) is 20.1 Å². The third-order valence-electron chi connectivity index (χ3n) is 4.64. The zero-order chi connectivity index (χ0) is 17.4. The maximum Gasteiger partial charge on any atom is 0.193 e. The molecule has 0 spiro atoms. The lowest BCUT2D eigenvalue weighted by Gasteiger charge is -2.23. The maximum absolute atomic E-state index is 11.0. The highest BCUT2D eigenvalue weighted by Gasteiger charge is 2.27. The summed E-state index contributed by atoms with van der Waals surface area (Å²) in [6, 6.07) is 0. The largest absolute Gasteiger partial charge is 0.379 e. The molecule has 24 heavy (non-hydrogen) atoms. The topological polar surface area (TPSA) is 74.2 Å². The summed E-state index contributed by atoms with van der Waals surface area (Å²) in [5.74, 6) is 1.73. The number of likely N-dealkylation sites (tertiary alicyclic amines) is 2. The van der Waals surface area contributed by atoms with Crippen molar-refractivity contribution < 1.29 is 13.2 Å². The number of hydrogen-bond donors (Lipinski definition) is 1. The van der Waals surface area contributed by atoms with Gasteiger partial charge in [0.1, 0.15) is 9.84 Å². The minimum absolute atomic E-state index is 0.0754. The van der Waals surface area contributed by atoms with Gasteiger partial charge in [-0.2, -0.15) is 0 Å². The van der Waals surface area contributed by atoms with E-state index in [0.717, 1.165) is 25.0 Å². The average Bonchev–Trinajstić information content (AvgIpc) is 3.18. The highest BCUT2D eigenvalue weighted by Crippen LogP contribution is 2.19. The van der Waals surface area contributed by atoms with Crippen molar-refractivity contribution in [2.45, 2.75) is 19.3 Å². The second kappa shape index (κ2) is 9.58.